The number of nitrogens with one attached hydrogen (secondary N) is 2. The minimum atomic E-state index is -3.46. The van der Waals surface area contributed by atoms with Crippen LogP contribution in [0.15, 0.2) is 21.6 Å². The first-order valence-electron chi connectivity index (χ1n) is 5.82. The number of furan rings is 1. The molecule has 6 heteroatoms. The number of rotatable bonds is 6. The number of hydrogen-bond donors (Lipinski definition) is 2. The van der Waals surface area contributed by atoms with Crippen molar-refractivity contribution in [2.45, 2.75) is 37.4 Å². The summed E-state index contributed by atoms with van der Waals surface area (Å²) in [6.07, 6.45) is 2.40. The van der Waals surface area contributed by atoms with Crippen LogP contribution < -0.4 is 10.0 Å². The van der Waals surface area contributed by atoms with Crippen molar-refractivity contribution in [3.05, 3.63) is 17.9 Å². The van der Waals surface area contributed by atoms with Gasteiger partial charge in [-0.25, -0.2) is 13.1 Å². The highest BCUT2D eigenvalue weighted by atomic mass is 32.2. The molecule has 1 saturated carbocycles. The molecule has 1 fully saturated rings. The molecule has 0 aromatic carbocycles. The molecule has 2 N–H and O–H groups in total. The summed E-state index contributed by atoms with van der Waals surface area (Å²) in [5, 5.41) is 3.32. The molecule has 1 heterocycles. The third-order valence-corrected chi connectivity index (χ3v) is 4.44. The summed E-state index contributed by atoms with van der Waals surface area (Å²) in [6.45, 7) is 2.76. The molecule has 0 radical (unpaired) electrons. The first-order chi connectivity index (χ1) is 8.06. The maximum atomic E-state index is 11.4. The van der Waals surface area contributed by atoms with Crippen LogP contribution in [0.25, 0.3) is 0 Å². The van der Waals surface area contributed by atoms with Crippen LogP contribution in [-0.2, 0) is 16.6 Å². The van der Waals surface area contributed by atoms with Gasteiger partial charge in [0.15, 0.2) is 0 Å². The predicted molar refractivity (Wildman–Crippen MR) is 64.0 cm³/mol. The topological polar surface area (TPSA) is 71.3 Å². The van der Waals surface area contributed by atoms with Crippen molar-refractivity contribution in [2.75, 3.05) is 7.05 Å². The Morgan fingerprint density at radius 3 is 2.82 bits per heavy atom. The molecule has 1 aromatic heterocycles. The lowest BCUT2D eigenvalue weighted by atomic mass is 10.3. The van der Waals surface area contributed by atoms with Crippen LogP contribution in [0.3, 0.4) is 0 Å². The largest absolute Gasteiger partial charge is 0.447 e. The van der Waals surface area contributed by atoms with E-state index in [1.807, 2.05) is 0 Å². The van der Waals surface area contributed by atoms with Gasteiger partial charge < -0.3 is 9.73 Å². The molecule has 2 atom stereocenters. The fraction of sp³-hybridized carbons (Fsp3) is 0.636. The van der Waals surface area contributed by atoms with Crippen LogP contribution in [-0.4, -0.2) is 21.5 Å². The van der Waals surface area contributed by atoms with E-state index in [1.54, 1.807) is 6.07 Å². The summed E-state index contributed by atoms with van der Waals surface area (Å²) in [5.41, 5.74) is 0. The minimum absolute atomic E-state index is 0.0281. The third-order valence-electron chi connectivity index (χ3n) is 3.16. The molecule has 96 valence electrons. The Morgan fingerprint density at radius 2 is 2.24 bits per heavy atom. The standard InChI is InChI=1S/C11H18N2O3S/c1-3-8-6-10(8)13-7-9-4-5-11(16-9)17(14,15)12-2/h4-5,8,10,12-13H,3,6-7H2,1-2H3. The van der Waals surface area contributed by atoms with Crippen LogP contribution in [0.2, 0.25) is 0 Å². The Bertz CT molecular complexity index is 481. The molecule has 0 spiro atoms. The quantitative estimate of drug-likeness (QED) is 0.801. The SMILES string of the molecule is CCC1CC1NCc1ccc(S(=O)(=O)NC)o1. The molecule has 1 aliphatic rings. The molecule has 2 unspecified atom stereocenters. The Labute approximate surface area is 102 Å². The Kier molecular flexibility index (Phi) is 3.56. The minimum Gasteiger partial charge on any atom is -0.447 e. The molecule has 0 saturated heterocycles. The monoisotopic (exact) mass is 258 g/mol. The van der Waals surface area contributed by atoms with Crippen molar-refractivity contribution in [1.82, 2.24) is 10.0 Å². The molecular formula is C11H18N2O3S. The van der Waals surface area contributed by atoms with Gasteiger partial charge in [-0.15, -0.1) is 0 Å². The van der Waals surface area contributed by atoms with E-state index in [4.69, 9.17) is 4.42 Å². The van der Waals surface area contributed by atoms with E-state index in [-0.39, 0.29) is 5.09 Å². The van der Waals surface area contributed by atoms with Gasteiger partial charge in [-0.3, -0.25) is 0 Å². The lowest BCUT2D eigenvalue weighted by Crippen LogP contribution is -2.18. The second-order valence-electron chi connectivity index (χ2n) is 4.32. The van der Waals surface area contributed by atoms with Gasteiger partial charge in [-0.05, 0) is 31.5 Å². The summed E-state index contributed by atoms with van der Waals surface area (Å²) < 4.78 is 30.4. The van der Waals surface area contributed by atoms with E-state index in [0.29, 0.717) is 18.3 Å². The molecule has 0 bridgehead atoms. The fourth-order valence-corrected chi connectivity index (χ4v) is 2.54. The fourth-order valence-electron chi connectivity index (χ4n) is 1.88. The van der Waals surface area contributed by atoms with Gasteiger partial charge in [-0.2, -0.15) is 0 Å². The summed E-state index contributed by atoms with van der Waals surface area (Å²) >= 11 is 0. The average Bonchev–Trinajstić information content (AvgIpc) is 2.92. The molecule has 5 nitrogen and oxygen atoms in total. The van der Waals surface area contributed by atoms with Crippen LogP contribution in [0, 0.1) is 5.92 Å². The zero-order valence-electron chi connectivity index (χ0n) is 10.1. The van der Waals surface area contributed by atoms with Crippen molar-refractivity contribution < 1.29 is 12.8 Å². The zero-order chi connectivity index (χ0) is 12.5. The Morgan fingerprint density at radius 1 is 1.47 bits per heavy atom. The Hall–Kier alpha value is -0.850. The van der Waals surface area contributed by atoms with E-state index in [0.717, 1.165) is 5.92 Å². The highest BCUT2D eigenvalue weighted by molar-refractivity contribution is 7.89. The number of hydrogen-bond acceptors (Lipinski definition) is 4. The van der Waals surface area contributed by atoms with Crippen molar-refractivity contribution in [1.29, 1.82) is 0 Å². The summed E-state index contributed by atoms with van der Waals surface area (Å²) in [7, 11) is -2.09. The Balaban J connectivity index is 1.91. The molecule has 2 rings (SSSR count). The van der Waals surface area contributed by atoms with E-state index in [2.05, 4.69) is 17.0 Å². The van der Waals surface area contributed by atoms with E-state index in [9.17, 15) is 8.42 Å². The normalized spacial score (nSPS) is 23.9. The van der Waals surface area contributed by atoms with Crippen molar-refractivity contribution in [3.63, 3.8) is 0 Å². The van der Waals surface area contributed by atoms with Gasteiger partial charge in [0.1, 0.15) is 5.76 Å². The van der Waals surface area contributed by atoms with E-state index >= 15 is 0 Å². The predicted octanol–water partition coefficient (Wildman–Crippen LogP) is 1.08. The smallest absolute Gasteiger partial charge is 0.273 e. The second kappa shape index (κ2) is 4.80. The maximum absolute atomic E-state index is 11.4. The third kappa shape index (κ3) is 2.88. The molecule has 1 aromatic rings. The van der Waals surface area contributed by atoms with Gasteiger partial charge in [0, 0.05) is 6.04 Å². The van der Waals surface area contributed by atoms with Crippen LogP contribution in [0.1, 0.15) is 25.5 Å². The van der Waals surface area contributed by atoms with Gasteiger partial charge in [0.2, 0.25) is 5.09 Å². The van der Waals surface area contributed by atoms with E-state index in [1.165, 1.54) is 26.0 Å². The van der Waals surface area contributed by atoms with Crippen molar-refractivity contribution in [3.8, 4) is 0 Å². The summed E-state index contributed by atoms with van der Waals surface area (Å²) in [4.78, 5) is 0. The highest BCUT2D eigenvalue weighted by Crippen LogP contribution is 2.33. The van der Waals surface area contributed by atoms with Gasteiger partial charge in [0.25, 0.3) is 10.0 Å². The molecular weight excluding hydrogens is 240 g/mol. The second-order valence-corrected chi connectivity index (χ2v) is 6.14. The highest BCUT2D eigenvalue weighted by Gasteiger charge is 2.34. The maximum Gasteiger partial charge on any atom is 0.273 e. The first kappa shape index (κ1) is 12.6. The van der Waals surface area contributed by atoms with Gasteiger partial charge in [0.05, 0.1) is 6.54 Å². The van der Waals surface area contributed by atoms with E-state index < -0.39 is 10.0 Å². The van der Waals surface area contributed by atoms with Gasteiger partial charge in [-0.1, -0.05) is 13.3 Å². The van der Waals surface area contributed by atoms with Crippen LogP contribution in [0.5, 0.6) is 0 Å². The lowest BCUT2D eigenvalue weighted by molar-refractivity contribution is 0.398. The molecule has 0 amide bonds. The molecule has 0 aliphatic heterocycles. The van der Waals surface area contributed by atoms with Crippen molar-refractivity contribution >= 4 is 10.0 Å². The molecule has 17 heavy (non-hydrogen) atoms. The van der Waals surface area contributed by atoms with Gasteiger partial charge >= 0.3 is 0 Å². The lowest BCUT2D eigenvalue weighted by Gasteiger charge is -2.01. The summed E-state index contributed by atoms with van der Waals surface area (Å²) in [5.74, 6) is 1.42. The molecule has 1 aliphatic carbocycles. The first-order valence-corrected chi connectivity index (χ1v) is 7.30. The number of sulfonamides is 1. The average molecular weight is 258 g/mol. The zero-order valence-corrected chi connectivity index (χ0v) is 10.9. The van der Waals surface area contributed by atoms with Crippen LogP contribution in [0.4, 0.5) is 0 Å². The van der Waals surface area contributed by atoms with Crippen LogP contribution >= 0.6 is 0 Å². The summed E-state index contributed by atoms with van der Waals surface area (Å²) in [6, 6.07) is 3.74. The van der Waals surface area contributed by atoms with Crippen molar-refractivity contribution in [2.24, 2.45) is 5.92 Å².